The fourth-order valence-corrected chi connectivity index (χ4v) is 3.54. The van der Waals surface area contributed by atoms with Crippen molar-refractivity contribution in [2.24, 2.45) is 10.9 Å². The first kappa shape index (κ1) is 15.1. The summed E-state index contributed by atoms with van der Waals surface area (Å²) in [7, 11) is 0. The molecule has 6 nitrogen and oxygen atoms in total. The highest BCUT2D eigenvalue weighted by molar-refractivity contribution is 6.16. The second-order valence-corrected chi connectivity index (χ2v) is 7.14. The average Bonchev–Trinajstić information content (AvgIpc) is 3.15. The summed E-state index contributed by atoms with van der Waals surface area (Å²) < 4.78 is 13.7. The van der Waals surface area contributed by atoms with Crippen LogP contribution in [0.1, 0.15) is 42.4 Å². The summed E-state index contributed by atoms with van der Waals surface area (Å²) in [5.74, 6) is 1.51. The molecule has 0 aromatic carbocycles. The van der Waals surface area contributed by atoms with E-state index in [0.29, 0.717) is 12.4 Å². The van der Waals surface area contributed by atoms with E-state index < -0.39 is 0 Å². The molecule has 0 N–H and O–H groups in total. The van der Waals surface area contributed by atoms with Crippen molar-refractivity contribution in [1.82, 2.24) is 14.8 Å². The van der Waals surface area contributed by atoms with Crippen molar-refractivity contribution in [3.05, 3.63) is 41.3 Å². The SMILES string of the molecule is c1cc2c(c(OC3CCOCC3)n1)C(c1cnn(CC3CC3)c1)=NC2. The van der Waals surface area contributed by atoms with Crippen LogP contribution in [0.2, 0.25) is 0 Å². The highest BCUT2D eigenvalue weighted by Gasteiger charge is 2.27. The zero-order valence-corrected chi connectivity index (χ0v) is 14.2. The molecule has 5 rings (SSSR count). The Hall–Kier alpha value is -2.21. The van der Waals surface area contributed by atoms with E-state index >= 15 is 0 Å². The van der Waals surface area contributed by atoms with Gasteiger partial charge in [0.2, 0.25) is 5.88 Å². The van der Waals surface area contributed by atoms with Gasteiger partial charge in [-0.1, -0.05) is 0 Å². The Balaban J connectivity index is 1.42. The lowest BCUT2D eigenvalue weighted by Crippen LogP contribution is -2.27. The first-order valence-electron chi connectivity index (χ1n) is 9.17. The Morgan fingerprint density at radius 1 is 1.20 bits per heavy atom. The maximum atomic E-state index is 6.23. The van der Waals surface area contributed by atoms with Gasteiger partial charge in [0.05, 0.1) is 37.2 Å². The third-order valence-electron chi connectivity index (χ3n) is 5.14. The number of aliphatic imine (C=N–C) groups is 1. The van der Waals surface area contributed by atoms with E-state index in [2.05, 4.69) is 16.3 Å². The predicted molar refractivity (Wildman–Crippen MR) is 93.0 cm³/mol. The average molecular weight is 338 g/mol. The normalized spacial score (nSPS) is 20.4. The lowest BCUT2D eigenvalue weighted by Gasteiger charge is -2.23. The third-order valence-corrected chi connectivity index (χ3v) is 5.14. The van der Waals surface area contributed by atoms with Crippen molar-refractivity contribution in [3.63, 3.8) is 0 Å². The molecule has 0 unspecified atom stereocenters. The van der Waals surface area contributed by atoms with Crippen molar-refractivity contribution < 1.29 is 9.47 Å². The van der Waals surface area contributed by atoms with Gasteiger partial charge in [-0.25, -0.2) is 4.98 Å². The van der Waals surface area contributed by atoms with E-state index in [9.17, 15) is 0 Å². The number of pyridine rings is 1. The number of rotatable bonds is 5. The molecule has 25 heavy (non-hydrogen) atoms. The van der Waals surface area contributed by atoms with E-state index in [4.69, 9.17) is 14.5 Å². The molecule has 1 saturated heterocycles. The van der Waals surface area contributed by atoms with Gasteiger partial charge in [-0.2, -0.15) is 5.10 Å². The molecule has 6 heteroatoms. The molecule has 4 heterocycles. The maximum Gasteiger partial charge on any atom is 0.223 e. The number of hydrogen-bond acceptors (Lipinski definition) is 5. The molecule has 2 aliphatic heterocycles. The molecule has 0 amide bonds. The van der Waals surface area contributed by atoms with Gasteiger partial charge in [0, 0.05) is 37.3 Å². The summed E-state index contributed by atoms with van der Waals surface area (Å²) in [6, 6.07) is 2.04. The maximum absolute atomic E-state index is 6.23. The molecule has 0 bridgehead atoms. The predicted octanol–water partition coefficient (Wildman–Crippen LogP) is 2.60. The van der Waals surface area contributed by atoms with E-state index in [-0.39, 0.29) is 6.10 Å². The lowest BCUT2D eigenvalue weighted by atomic mass is 10.0. The van der Waals surface area contributed by atoms with Gasteiger partial charge >= 0.3 is 0 Å². The van der Waals surface area contributed by atoms with E-state index in [1.54, 1.807) is 0 Å². The Bertz CT molecular complexity index is 804. The van der Waals surface area contributed by atoms with Crippen molar-refractivity contribution in [2.45, 2.75) is 44.9 Å². The van der Waals surface area contributed by atoms with Gasteiger partial charge in [0.15, 0.2) is 0 Å². The van der Waals surface area contributed by atoms with Gasteiger partial charge in [-0.15, -0.1) is 0 Å². The Morgan fingerprint density at radius 2 is 2.08 bits per heavy atom. The second kappa shape index (κ2) is 6.26. The monoisotopic (exact) mass is 338 g/mol. The van der Waals surface area contributed by atoms with Gasteiger partial charge in [0.1, 0.15) is 6.10 Å². The zero-order chi connectivity index (χ0) is 16.6. The number of hydrogen-bond donors (Lipinski definition) is 0. The van der Waals surface area contributed by atoms with Crippen LogP contribution in [0.3, 0.4) is 0 Å². The van der Waals surface area contributed by atoms with Crippen molar-refractivity contribution in [1.29, 1.82) is 0 Å². The van der Waals surface area contributed by atoms with Crippen LogP contribution in [0.4, 0.5) is 0 Å². The minimum absolute atomic E-state index is 0.173. The van der Waals surface area contributed by atoms with Crippen LogP contribution in [-0.4, -0.2) is 39.8 Å². The summed E-state index contributed by atoms with van der Waals surface area (Å²) in [6.45, 7) is 3.22. The van der Waals surface area contributed by atoms with Crippen LogP contribution in [0.15, 0.2) is 29.6 Å². The molecule has 2 aromatic heterocycles. The highest BCUT2D eigenvalue weighted by Crippen LogP contribution is 2.32. The molecule has 0 radical (unpaired) electrons. The number of nitrogens with zero attached hydrogens (tertiary/aromatic N) is 4. The minimum Gasteiger partial charge on any atom is -0.474 e. The fraction of sp³-hybridized carbons (Fsp3) is 0.526. The van der Waals surface area contributed by atoms with E-state index in [1.165, 1.54) is 18.4 Å². The molecule has 1 aliphatic carbocycles. The first-order chi connectivity index (χ1) is 12.4. The van der Waals surface area contributed by atoms with Crippen LogP contribution in [0.5, 0.6) is 5.88 Å². The highest BCUT2D eigenvalue weighted by atomic mass is 16.5. The molecular weight excluding hydrogens is 316 g/mol. The van der Waals surface area contributed by atoms with Gasteiger partial charge in [0.25, 0.3) is 0 Å². The van der Waals surface area contributed by atoms with Gasteiger partial charge < -0.3 is 9.47 Å². The zero-order valence-electron chi connectivity index (χ0n) is 14.2. The number of aromatic nitrogens is 3. The van der Waals surface area contributed by atoms with Crippen molar-refractivity contribution in [3.8, 4) is 5.88 Å². The van der Waals surface area contributed by atoms with Crippen molar-refractivity contribution >= 4 is 5.71 Å². The molecule has 2 aromatic rings. The molecule has 0 spiro atoms. The molecule has 130 valence electrons. The van der Waals surface area contributed by atoms with Crippen molar-refractivity contribution in [2.75, 3.05) is 13.2 Å². The fourth-order valence-electron chi connectivity index (χ4n) is 3.54. The standard InChI is InChI=1S/C19H22N4O2/c1-2-13(1)11-23-12-15(10-22-23)18-17-14(9-21-18)3-6-20-19(17)25-16-4-7-24-8-5-16/h3,6,10,12-13,16H,1-2,4-5,7-9,11H2. The summed E-state index contributed by atoms with van der Waals surface area (Å²) >= 11 is 0. The number of ether oxygens (including phenoxy) is 2. The van der Waals surface area contributed by atoms with E-state index in [1.807, 2.05) is 23.1 Å². The molecular formula is C19H22N4O2. The Kier molecular flexibility index (Phi) is 3.77. The molecule has 0 atom stereocenters. The van der Waals surface area contributed by atoms with Crippen LogP contribution in [0.25, 0.3) is 0 Å². The van der Waals surface area contributed by atoms with Gasteiger partial charge in [-0.3, -0.25) is 9.67 Å². The lowest BCUT2D eigenvalue weighted by molar-refractivity contribution is 0.0236. The quantitative estimate of drug-likeness (QED) is 0.841. The van der Waals surface area contributed by atoms with Gasteiger partial charge in [-0.05, 0) is 30.4 Å². The summed E-state index contributed by atoms with van der Waals surface area (Å²) in [5.41, 5.74) is 4.25. The van der Waals surface area contributed by atoms with E-state index in [0.717, 1.165) is 55.4 Å². The largest absolute Gasteiger partial charge is 0.474 e. The van der Waals surface area contributed by atoms with Crippen LogP contribution in [0, 0.1) is 5.92 Å². The summed E-state index contributed by atoms with van der Waals surface area (Å²) in [6.07, 6.45) is 10.5. The van der Waals surface area contributed by atoms with Crippen LogP contribution >= 0.6 is 0 Å². The smallest absolute Gasteiger partial charge is 0.223 e. The second-order valence-electron chi connectivity index (χ2n) is 7.14. The topological polar surface area (TPSA) is 61.5 Å². The molecule has 3 aliphatic rings. The third kappa shape index (κ3) is 3.06. The Morgan fingerprint density at radius 3 is 2.92 bits per heavy atom. The summed E-state index contributed by atoms with van der Waals surface area (Å²) in [4.78, 5) is 9.27. The van der Waals surface area contributed by atoms with Crippen LogP contribution < -0.4 is 4.74 Å². The number of fused-ring (bicyclic) bond motifs is 1. The summed E-state index contributed by atoms with van der Waals surface area (Å²) in [5, 5.41) is 4.52. The molecule has 1 saturated carbocycles. The minimum atomic E-state index is 0.173. The first-order valence-corrected chi connectivity index (χ1v) is 9.17. The molecule has 2 fully saturated rings. The Labute approximate surface area is 146 Å². The van der Waals surface area contributed by atoms with Crippen LogP contribution in [-0.2, 0) is 17.8 Å².